The van der Waals surface area contributed by atoms with Crippen molar-refractivity contribution in [2.75, 3.05) is 20.3 Å². The Bertz CT molecular complexity index is 377. The maximum atomic E-state index is 9.59. The average Bonchev–Trinajstić information content (AvgIpc) is 2.42. The lowest BCUT2D eigenvalue weighted by Crippen LogP contribution is -2.34. The molecule has 0 radical (unpaired) electrons. The van der Waals surface area contributed by atoms with Gasteiger partial charge in [0, 0.05) is 12.6 Å². The molecule has 0 spiro atoms. The summed E-state index contributed by atoms with van der Waals surface area (Å²) in [4.78, 5) is 5.04. The van der Waals surface area contributed by atoms with Gasteiger partial charge in [0.05, 0.1) is 13.3 Å². The largest absolute Gasteiger partial charge is 0.497 e. The lowest BCUT2D eigenvalue weighted by molar-refractivity contribution is 0.0401. The monoisotopic (exact) mass is 266 g/mol. The first-order valence-electron chi connectivity index (χ1n) is 6.32. The van der Waals surface area contributed by atoms with Crippen LogP contribution in [0.5, 0.6) is 5.75 Å². The summed E-state index contributed by atoms with van der Waals surface area (Å²) in [5.74, 6) is 0.799. The molecule has 1 unspecified atom stereocenters. The van der Waals surface area contributed by atoms with Crippen LogP contribution in [0.1, 0.15) is 19.4 Å². The first-order chi connectivity index (χ1) is 9.11. The van der Waals surface area contributed by atoms with Crippen molar-refractivity contribution in [3.63, 3.8) is 0 Å². The van der Waals surface area contributed by atoms with Gasteiger partial charge in [0.25, 0.3) is 0 Å². The topological polar surface area (TPSA) is 63.1 Å². The van der Waals surface area contributed by atoms with Crippen molar-refractivity contribution in [2.45, 2.75) is 26.0 Å². The summed E-state index contributed by atoms with van der Waals surface area (Å²) >= 11 is 0. The highest BCUT2D eigenvalue weighted by Crippen LogP contribution is 2.09. The fraction of sp³-hybridized carbons (Fsp3) is 0.500. The second kappa shape index (κ2) is 8.50. The predicted octanol–water partition coefficient (Wildman–Crippen LogP) is 1.40. The fourth-order valence-electron chi connectivity index (χ4n) is 1.35. The van der Waals surface area contributed by atoms with Gasteiger partial charge in [-0.25, -0.2) is 0 Å². The minimum atomic E-state index is -0.560. The first kappa shape index (κ1) is 15.5. The van der Waals surface area contributed by atoms with Crippen LogP contribution in [0.2, 0.25) is 0 Å². The molecule has 0 aliphatic heterocycles. The van der Waals surface area contributed by atoms with Gasteiger partial charge in [0.2, 0.25) is 0 Å². The number of aliphatic hydroxyl groups excluding tert-OH is 1. The number of hydrogen-bond donors (Lipinski definition) is 2. The first-order valence-corrected chi connectivity index (χ1v) is 6.32. The summed E-state index contributed by atoms with van der Waals surface area (Å²) in [6.45, 7) is 4.72. The molecule has 0 saturated carbocycles. The summed E-state index contributed by atoms with van der Waals surface area (Å²) in [6, 6.07) is 7.80. The molecule has 1 atom stereocenters. The Balaban J connectivity index is 2.25. The van der Waals surface area contributed by atoms with Crippen LogP contribution in [0, 0.1) is 0 Å². The number of rotatable bonds is 8. The Labute approximate surface area is 114 Å². The molecule has 5 heteroatoms. The van der Waals surface area contributed by atoms with E-state index in [4.69, 9.17) is 9.57 Å². The zero-order valence-electron chi connectivity index (χ0n) is 11.7. The van der Waals surface area contributed by atoms with Gasteiger partial charge in [-0.05, 0) is 29.8 Å². The number of benzene rings is 1. The fourth-order valence-corrected chi connectivity index (χ4v) is 1.35. The number of nitrogens with zero attached hydrogens (tertiary/aromatic N) is 1. The van der Waals surface area contributed by atoms with Gasteiger partial charge in [0.15, 0.2) is 0 Å². The molecular weight excluding hydrogens is 244 g/mol. The van der Waals surface area contributed by atoms with Crippen LogP contribution in [0.15, 0.2) is 29.4 Å². The summed E-state index contributed by atoms with van der Waals surface area (Å²) in [5.41, 5.74) is 0.913. The van der Waals surface area contributed by atoms with Crippen LogP contribution >= 0.6 is 0 Å². The molecule has 0 amide bonds. The zero-order valence-corrected chi connectivity index (χ0v) is 11.7. The molecule has 0 heterocycles. The van der Waals surface area contributed by atoms with Gasteiger partial charge >= 0.3 is 0 Å². The SMILES string of the molecule is COc1ccc(/C=N/OCC(O)CNC(C)C)cc1. The highest BCUT2D eigenvalue weighted by atomic mass is 16.6. The smallest absolute Gasteiger partial charge is 0.144 e. The molecular formula is C14H22N2O3. The van der Waals surface area contributed by atoms with Gasteiger partial charge in [-0.15, -0.1) is 0 Å². The summed E-state index contributed by atoms with van der Waals surface area (Å²) in [6.07, 6.45) is 1.04. The molecule has 0 aliphatic rings. The molecule has 19 heavy (non-hydrogen) atoms. The molecule has 0 saturated heterocycles. The minimum absolute atomic E-state index is 0.173. The lowest BCUT2D eigenvalue weighted by Gasteiger charge is -2.12. The van der Waals surface area contributed by atoms with Crippen molar-refractivity contribution >= 4 is 6.21 Å². The lowest BCUT2D eigenvalue weighted by atomic mass is 10.2. The Morgan fingerprint density at radius 1 is 1.32 bits per heavy atom. The van der Waals surface area contributed by atoms with Gasteiger partial charge in [-0.2, -0.15) is 0 Å². The van der Waals surface area contributed by atoms with Crippen molar-refractivity contribution in [3.8, 4) is 5.75 Å². The maximum Gasteiger partial charge on any atom is 0.144 e. The third kappa shape index (κ3) is 6.79. The van der Waals surface area contributed by atoms with Crippen LogP contribution in [0.4, 0.5) is 0 Å². The molecule has 1 rings (SSSR count). The molecule has 106 valence electrons. The van der Waals surface area contributed by atoms with Crippen LogP contribution in [0.25, 0.3) is 0 Å². The molecule has 0 bridgehead atoms. The van der Waals surface area contributed by atoms with Crippen LogP contribution < -0.4 is 10.1 Å². The minimum Gasteiger partial charge on any atom is -0.497 e. The predicted molar refractivity (Wildman–Crippen MR) is 75.7 cm³/mol. The number of methoxy groups -OCH3 is 1. The second-order valence-electron chi connectivity index (χ2n) is 4.52. The standard InChI is InChI=1S/C14H22N2O3/c1-11(2)15-9-13(17)10-19-16-8-12-4-6-14(18-3)7-5-12/h4-8,11,13,15,17H,9-10H2,1-3H3/b16-8+. The highest BCUT2D eigenvalue weighted by molar-refractivity contribution is 5.79. The van der Waals surface area contributed by atoms with Crippen molar-refractivity contribution in [3.05, 3.63) is 29.8 Å². The molecule has 0 fully saturated rings. The zero-order chi connectivity index (χ0) is 14.1. The van der Waals surface area contributed by atoms with Gasteiger partial charge in [-0.3, -0.25) is 0 Å². The van der Waals surface area contributed by atoms with E-state index < -0.39 is 6.10 Å². The Morgan fingerprint density at radius 3 is 2.58 bits per heavy atom. The van der Waals surface area contributed by atoms with E-state index >= 15 is 0 Å². The average molecular weight is 266 g/mol. The summed E-state index contributed by atoms with van der Waals surface area (Å²) in [5, 5.41) is 16.5. The van der Waals surface area contributed by atoms with Crippen molar-refractivity contribution < 1.29 is 14.7 Å². The summed E-state index contributed by atoms with van der Waals surface area (Å²) in [7, 11) is 1.62. The van der Waals surface area contributed by atoms with E-state index in [0.717, 1.165) is 11.3 Å². The van der Waals surface area contributed by atoms with E-state index in [1.165, 1.54) is 0 Å². The highest BCUT2D eigenvalue weighted by Gasteiger charge is 2.04. The summed E-state index contributed by atoms with van der Waals surface area (Å²) < 4.78 is 5.06. The molecule has 1 aromatic rings. The van der Waals surface area contributed by atoms with Gasteiger partial charge in [0.1, 0.15) is 18.5 Å². The number of hydrogen-bond acceptors (Lipinski definition) is 5. The molecule has 0 aromatic heterocycles. The normalized spacial score (nSPS) is 12.9. The van der Waals surface area contributed by atoms with E-state index in [0.29, 0.717) is 12.6 Å². The Morgan fingerprint density at radius 2 is 2.00 bits per heavy atom. The van der Waals surface area contributed by atoms with Crippen molar-refractivity contribution in [1.82, 2.24) is 5.32 Å². The number of aliphatic hydroxyl groups is 1. The maximum absolute atomic E-state index is 9.59. The van der Waals surface area contributed by atoms with Crippen molar-refractivity contribution in [2.24, 2.45) is 5.16 Å². The molecule has 2 N–H and O–H groups in total. The van der Waals surface area contributed by atoms with E-state index in [2.05, 4.69) is 10.5 Å². The van der Waals surface area contributed by atoms with Gasteiger partial charge in [-0.1, -0.05) is 19.0 Å². The van der Waals surface area contributed by atoms with Crippen LogP contribution in [-0.2, 0) is 4.84 Å². The van der Waals surface area contributed by atoms with Gasteiger partial charge < -0.3 is 20.0 Å². The quantitative estimate of drug-likeness (QED) is 0.551. The van der Waals surface area contributed by atoms with E-state index in [9.17, 15) is 5.11 Å². The molecule has 1 aromatic carbocycles. The third-order valence-corrected chi connectivity index (χ3v) is 2.42. The Kier molecular flexibility index (Phi) is 6.92. The second-order valence-corrected chi connectivity index (χ2v) is 4.52. The number of oxime groups is 1. The number of nitrogens with one attached hydrogen (secondary N) is 1. The van der Waals surface area contributed by atoms with E-state index in [-0.39, 0.29) is 6.61 Å². The third-order valence-electron chi connectivity index (χ3n) is 2.42. The van der Waals surface area contributed by atoms with Crippen LogP contribution in [-0.4, -0.2) is 43.7 Å². The van der Waals surface area contributed by atoms with Crippen molar-refractivity contribution in [1.29, 1.82) is 0 Å². The molecule has 5 nitrogen and oxygen atoms in total. The number of ether oxygens (including phenoxy) is 1. The van der Waals surface area contributed by atoms with E-state index in [1.807, 2.05) is 38.1 Å². The Hall–Kier alpha value is -1.59. The van der Waals surface area contributed by atoms with E-state index in [1.54, 1.807) is 13.3 Å². The van der Waals surface area contributed by atoms with Crippen LogP contribution in [0.3, 0.4) is 0 Å². The molecule has 0 aliphatic carbocycles.